The van der Waals surface area contributed by atoms with Crippen LogP contribution in [0.1, 0.15) is 56.9 Å². The number of ether oxygens (including phenoxy) is 1. The van der Waals surface area contributed by atoms with Crippen LogP contribution in [0.4, 0.5) is 4.79 Å². The van der Waals surface area contributed by atoms with Crippen molar-refractivity contribution in [3.8, 4) is 5.75 Å². The van der Waals surface area contributed by atoms with Gasteiger partial charge in [-0.3, -0.25) is 14.6 Å². The van der Waals surface area contributed by atoms with E-state index in [9.17, 15) is 14.7 Å². The fraction of sp³-hybridized carbons (Fsp3) is 0.565. The first-order valence-corrected chi connectivity index (χ1v) is 11.1. The molecule has 164 valence electrons. The van der Waals surface area contributed by atoms with Crippen LogP contribution in [0.2, 0.25) is 5.02 Å². The molecule has 2 fully saturated rings. The van der Waals surface area contributed by atoms with Gasteiger partial charge in [0.1, 0.15) is 5.75 Å². The fourth-order valence-electron chi connectivity index (χ4n) is 4.17. The van der Waals surface area contributed by atoms with Gasteiger partial charge in [0.05, 0.1) is 17.2 Å². The van der Waals surface area contributed by atoms with Crippen LogP contribution in [0.25, 0.3) is 6.08 Å². The van der Waals surface area contributed by atoms with Crippen LogP contribution < -0.4 is 4.74 Å². The Labute approximate surface area is 183 Å². The number of urea groups is 1. The number of rotatable bonds is 7. The highest BCUT2D eigenvalue weighted by Gasteiger charge is 2.37. The van der Waals surface area contributed by atoms with Gasteiger partial charge in [0.25, 0.3) is 5.91 Å². The maximum atomic E-state index is 12.4. The van der Waals surface area contributed by atoms with E-state index in [2.05, 4.69) is 0 Å². The zero-order valence-electron chi connectivity index (χ0n) is 17.8. The van der Waals surface area contributed by atoms with E-state index in [4.69, 9.17) is 16.3 Å². The van der Waals surface area contributed by atoms with Gasteiger partial charge in [-0.1, -0.05) is 56.2 Å². The van der Waals surface area contributed by atoms with Crippen LogP contribution in [0.5, 0.6) is 5.75 Å². The van der Waals surface area contributed by atoms with Crippen LogP contribution in [0.15, 0.2) is 23.8 Å². The number of hydrogen-bond donors (Lipinski definition) is 1. The van der Waals surface area contributed by atoms with Crippen molar-refractivity contribution >= 4 is 29.6 Å². The molecule has 1 saturated carbocycles. The van der Waals surface area contributed by atoms with Gasteiger partial charge in [-0.2, -0.15) is 0 Å². The lowest BCUT2D eigenvalue weighted by atomic mass is 9.86. The second kappa shape index (κ2) is 10.3. The van der Waals surface area contributed by atoms with E-state index >= 15 is 0 Å². The van der Waals surface area contributed by atoms with E-state index < -0.39 is 18.2 Å². The molecule has 1 N–H and O–H groups in total. The third-order valence-electron chi connectivity index (χ3n) is 6.05. The Morgan fingerprint density at radius 3 is 2.60 bits per heavy atom. The molecule has 1 aliphatic heterocycles. The van der Waals surface area contributed by atoms with Crippen LogP contribution in [0, 0.1) is 5.92 Å². The van der Waals surface area contributed by atoms with E-state index in [1.165, 1.54) is 59.0 Å². The van der Waals surface area contributed by atoms with Crippen molar-refractivity contribution in [3.63, 3.8) is 0 Å². The number of aliphatic hydroxyl groups excluding tert-OH is 1. The van der Waals surface area contributed by atoms with Crippen molar-refractivity contribution in [2.75, 3.05) is 20.7 Å². The first-order valence-electron chi connectivity index (χ1n) is 10.8. The molecular weight excluding hydrogens is 404 g/mol. The van der Waals surface area contributed by atoms with Crippen LogP contribution in [-0.4, -0.2) is 53.8 Å². The fourth-order valence-corrected chi connectivity index (χ4v) is 4.42. The Morgan fingerprint density at radius 2 is 1.90 bits per heavy atom. The first kappa shape index (κ1) is 22.6. The molecule has 1 aromatic rings. The van der Waals surface area contributed by atoms with Crippen molar-refractivity contribution in [2.24, 2.45) is 5.92 Å². The average Bonchev–Trinajstić information content (AvgIpc) is 2.75. The molecule has 0 bridgehead atoms. The Kier molecular flexibility index (Phi) is 7.78. The monoisotopic (exact) mass is 434 g/mol. The minimum absolute atomic E-state index is 0.118. The minimum Gasteiger partial charge on any atom is -0.492 e. The summed E-state index contributed by atoms with van der Waals surface area (Å²) in [6.45, 7) is 0.627. The second-order valence-electron chi connectivity index (χ2n) is 8.27. The predicted molar refractivity (Wildman–Crippen MR) is 117 cm³/mol. The van der Waals surface area contributed by atoms with E-state index in [0.29, 0.717) is 22.9 Å². The quantitative estimate of drug-likeness (QED) is 0.499. The van der Waals surface area contributed by atoms with Crippen molar-refractivity contribution < 1.29 is 19.4 Å². The molecular formula is C23H31ClN2O4. The molecule has 6 nitrogen and oxygen atoms in total. The number of benzene rings is 1. The van der Waals surface area contributed by atoms with E-state index in [1.807, 2.05) is 0 Å². The first-order chi connectivity index (χ1) is 14.4. The van der Waals surface area contributed by atoms with Gasteiger partial charge in [0, 0.05) is 14.1 Å². The lowest BCUT2D eigenvalue weighted by molar-refractivity contribution is -0.128. The molecule has 0 spiro atoms. The molecule has 1 atom stereocenters. The second-order valence-corrected chi connectivity index (χ2v) is 8.68. The summed E-state index contributed by atoms with van der Waals surface area (Å²) in [6, 6.07) is 4.71. The molecule has 3 amide bonds. The van der Waals surface area contributed by atoms with E-state index in [-0.39, 0.29) is 5.57 Å². The number of unbranched alkanes of at least 4 members (excludes halogenated alkanes) is 1. The number of imide groups is 1. The summed E-state index contributed by atoms with van der Waals surface area (Å²) in [5.74, 6) is 0.970. The summed E-state index contributed by atoms with van der Waals surface area (Å²) in [5.41, 5.74) is 0.773. The maximum Gasteiger partial charge on any atom is 0.328 e. The van der Waals surface area contributed by atoms with E-state index in [1.54, 1.807) is 24.3 Å². The van der Waals surface area contributed by atoms with Crippen LogP contribution in [-0.2, 0) is 4.79 Å². The zero-order chi connectivity index (χ0) is 21.7. The Hall–Kier alpha value is -2.05. The number of halogens is 1. The third-order valence-corrected chi connectivity index (χ3v) is 6.35. The largest absolute Gasteiger partial charge is 0.492 e. The molecule has 1 aliphatic carbocycles. The molecule has 1 saturated heterocycles. The van der Waals surface area contributed by atoms with Gasteiger partial charge < -0.3 is 9.84 Å². The molecule has 30 heavy (non-hydrogen) atoms. The topological polar surface area (TPSA) is 70.1 Å². The minimum atomic E-state index is -1.29. The maximum absolute atomic E-state index is 12.4. The van der Waals surface area contributed by atoms with Crippen LogP contribution >= 0.6 is 11.6 Å². The summed E-state index contributed by atoms with van der Waals surface area (Å²) in [5, 5.41) is 10.7. The molecule has 2 aliphatic rings. The number of carbonyl (C=O) groups excluding carboxylic acids is 2. The summed E-state index contributed by atoms with van der Waals surface area (Å²) >= 11 is 6.36. The molecule has 0 aromatic heterocycles. The van der Waals surface area contributed by atoms with Gasteiger partial charge in [-0.15, -0.1) is 0 Å². The number of hydrogen-bond acceptors (Lipinski definition) is 4. The van der Waals surface area contributed by atoms with Crippen molar-refractivity contribution in [3.05, 3.63) is 34.4 Å². The smallest absolute Gasteiger partial charge is 0.328 e. The van der Waals surface area contributed by atoms with Crippen molar-refractivity contribution in [1.29, 1.82) is 0 Å². The van der Waals surface area contributed by atoms with Gasteiger partial charge in [-0.25, -0.2) is 4.79 Å². The van der Waals surface area contributed by atoms with Gasteiger partial charge >= 0.3 is 6.03 Å². The predicted octanol–water partition coefficient (Wildman–Crippen LogP) is 4.70. The summed E-state index contributed by atoms with van der Waals surface area (Å²) in [6.07, 6.45) is 10.6. The lowest BCUT2D eigenvalue weighted by Crippen LogP contribution is -2.55. The number of likely N-dealkylation sites (N-methyl/N-ethyl adjacent to an activating group) is 2. The number of aliphatic hydroxyl groups is 1. The summed E-state index contributed by atoms with van der Waals surface area (Å²) in [7, 11) is 2.83. The lowest BCUT2D eigenvalue weighted by Gasteiger charge is -2.35. The highest BCUT2D eigenvalue weighted by molar-refractivity contribution is 6.32. The van der Waals surface area contributed by atoms with Gasteiger partial charge in [0.2, 0.25) is 0 Å². The van der Waals surface area contributed by atoms with E-state index in [0.717, 1.165) is 22.1 Å². The number of nitrogens with zero attached hydrogens (tertiary/aromatic N) is 2. The molecule has 7 heteroatoms. The van der Waals surface area contributed by atoms with Gasteiger partial charge in [-0.05, 0) is 42.5 Å². The van der Waals surface area contributed by atoms with Crippen molar-refractivity contribution in [2.45, 2.75) is 57.6 Å². The van der Waals surface area contributed by atoms with Gasteiger partial charge in [0.15, 0.2) is 6.23 Å². The zero-order valence-corrected chi connectivity index (χ0v) is 18.5. The number of carbonyl (C=O) groups is 2. The molecule has 1 aromatic carbocycles. The molecule has 3 rings (SSSR count). The highest BCUT2D eigenvalue weighted by Crippen LogP contribution is 2.30. The molecule has 1 heterocycles. The summed E-state index contributed by atoms with van der Waals surface area (Å²) in [4.78, 5) is 26.3. The molecule has 1 unspecified atom stereocenters. The average molecular weight is 435 g/mol. The Morgan fingerprint density at radius 1 is 1.17 bits per heavy atom. The van der Waals surface area contributed by atoms with Crippen LogP contribution in [0.3, 0.4) is 0 Å². The highest BCUT2D eigenvalue weighted by atomic mass is 35.5. The third kappa shape index (κ3) is 5.35. The molecule has 0 radical (unpaired) electrons. The number of amides is 3. The standard InChI is InChI=1S/C23H31ClN2O4/c1-25-21(27)18(22(28)26(2)23(25)29)14-17-11-12-20(19(24)15-17)30-13-7-6-10-16-8-4-3-5-9-16/h11-12,14-16,21,27H,3-10,13H2,1-2H3/b18-14+. The Bertz CT molecular complexity index is 804. The Balaban J connectivity index is 1.55. The summed E-state index contributed by atoms with van der Waals surface area (Å²) < 4.78 is 5.83. The van der Waals surface area contributed by atoms with Crippen molar-refractivity contribution in [1.82, 2.24) is 9.80 Å². The normalized spacial score (nSPS) is 22.1. The SMILES string of the molecule is CN1C(=O)/C(=C/c2ccc(OCCCCC3CCCCC3)c(Cl)c2)C(O)N(C)C1=O.